The molecule has 0 radical (unpaired) electrons. The van der Waals surface area contributed by atoms with Crippen molar-refractivity contribution in [2.75, 3.05) is 83.2 Å². The fourth-order valence-electron chi connectivity index (χ4n) is 4.24. The van der Waals surface area contributed by atoms with Gasteiger partial charge in [0.1, 0.15) is 0 Å². The van der Waals surface area contributed by atoms with Crippen LogP contribution in [0.1, 0.15) is 57.8 Å². The van der Waals surface area contributed by atoms with Crippen LogP contribution in [-0.2, 0) is 13.3 Å². The molecule has 0 spiro atoms. The fraction of sp³-hybridized carbons (Fsp3) is 1.00. The summed E-state index contributed by atoms with van der Waals surface area (Å²) in [5, 5.41) is 0. The van der Waals surface area contributed by atoms with Crippen molar-refractivity contribution in [3.8, 4) is 0 Å². The molecule has 31 heavy (non-hydrogen) atoms. The Morgan fingerprint density at radius 1 is 0.516 bits per heavy atom. The molecular formula is C24H55N3O3Si. The molecule has 0 heterocycles. The van der Waals surface area contributed by atoms with Crippen molar-refractivity contribution in [2.24, 2.45) is 11.8 Å². The van der Waals surface area contributed by atoms with Crippen molar-refractivity contribution < 1.29 is 13.3 Å². The molecule has 0 aliphatic rings. The lowest BCUT2D eigenvalue weighted by molar-refractivity contribution is 0.122. The summed E-state index contributed by atoms with van der Waals surface area (Å²) in [5.41, 5.74) is 0. The second-order valence-electron chi connectivity index (χ2n) is 9.98. The van der Waals surface area contributed by atoms with E-state index in [2.05, 4.69) is 57.0 Å². The van der Waals surface area contributed by atoms with Gasteiger partial charge in [-0.25, -0.2) is 0 Å². The van der Waals surface area contributed by atoms with Gasteiger partial charge in [-0.15, -0.1) is 0 Å². The maximum atomic E-state index is 5.62. The highest BCUT2D eigenvalue weighted by molar-refractivity contribution is 6.60. The first-order valence-electron chi connectivity index (χ1n) is 12.3. The lowest BCUT2D eigenvalue weighted by Gasteiger charge is -2.26. The van der Waals surface area contributed by atoms with Crippen LogP contribution in [0.5, 0.6) is 0 Å². The van der Waals surface area contributed by atoms with Crippen LogP contribution >= 0.6 is 0 Å². The monoisotopic (exact) mass is 461 g/mol. The van der Waals surface area contributed by atoms with Crippen LogP contribution < -0.4 is 0 Å². The van der Waals surface area contributed by atoms with E-state index in [1.54, 1.807) is 21.3 Å². The topological polar surface area (TPSA) is 37.4 Å². The SMILES string of the molecule is CO[Si](CCCC(CCC(CCCCN(C)C)CCN(C)C)CCN(C)C)(OC)OC. The van der Waals surface area contributed by atoms with E-state index < -0.39 is 8.80 Å². The average molecular weight is 462 g/mol. The molecule has 0 aliphatic heterocycles. The first kappa shape index (κ1) is 31.0. The first-order valence-corrected chi connectivity index (χ1v) is 14.2. The molecule has 0 saturated carbocycles. The Morgan fingerprint density at radius 3 is 1.32 bits per heavy atom. The Morgan fingerprint density at radius 2 is 0.935 bits per heavy atom. The fourth-order valence-corrected chi connectivity index (χ4v) is 5.99. The number of hydrogen-bond donors (Lipinski definition) is 0. The second kappa shape index (κ2) is 18.4. The van der Waals surface area contributed by atoms with Crippen molar-refractivity contribution in [3.05, 3.63) is 0 Å². The van der Waals surface area contributed by atoms with Gasteiger partial charge >= 0.3 is 8.80 Å². The van der Waals surface area contributed by atoms with Gasteiger partial charge in [-0.1, -0.05) is 32.1 Å². The van der Waals surface area contributed by atoms with Gasteiger partial charge < -0.3 is 28.0 Å². The van der Waals surface area contributed by atoms with Gasteiger partial charge in [0.15, 0.2) is 0 Å². The molecule has 0 bridgehead atoms. The molecule has 0 rings (SSSR count). The highest BCUT2D eigenvalue weighted by Gasteiger charge is 2.37. The van der Waals surface area contributed by atoms with Crippen molar-refractivity contribution in [2.45, 2.75) is 63.8 Å². The van der Waals surface area contributed by atoms with Gasteiger partial charge in [0.25, 0.3) is 0 Å². The molecule has 0 fully saturated rings. The third-order valence-electron chi connectivity index (χ3n) is 6.45. The van der Waals surface area contributed by atoms with E-state index in [0.717, 1.165) is 30.8 Å². The summed E-state index contributed by atoms with van der Waals surface area (Å²) in [6, 6.07) is 0.906. The van der Waals surface area contributed by atoms with Gasteiger partial charge in [0, 0.05) is 27.4 Å². The van der Waals surface area contributed by atoms with Gasteiger partial charge in [0.2, 0.25) is 0 Å². The summed E-state index contributed by atoms with van der Waals surface area (Å²) < 4.78 is 16.9. The highest BCUT2D eigenvalue weighted by atomic mass is 28.4. The summed E-state index contributed by atoms with van der Waals surface area (Å²) in [6.07, 6.45) is 11.7. The lowest BCUT2D eigenvalue weighted by Crippen LogP contribution is -2.42. The number of unbranched alkanes of at least 4 members (excludes halogenated alkanes) is 1. The number of nitrogens with zero attached hydrogens (tertiary/aromatic N) is 3. The summed E-state index contributed by atoms with van der Waals surface area (Å²) in [6.45, 7) is 3.57. The quantitative estimate of drug-likeness (QED) is 0.187. The van der Waals surface area contributed by atoms with Gasteiger partial charge in [0.05, 0.1) is 0 Å². The molecule has 0 N–H and O–H groups in total. The van der Waals surface area contributed by atoms with Crippen molar-refractivity contribution in [3.63, 3.8) is 0 Å². The van der Waals surface area contributed by atoms with Crippen molar-refractivity contribution in [1.29, 1.82) is 0 Å². The molecule has 2 unspecified atom stereocenters. The summed E-state index contributed by atoms with van der Waals surface area (Å²) in [5.74, 6) is 1.61. The predicted octanol–water partition coefficient (Wildman–Crippen LogP) is 4.29. The Hall–Kier alpha value is -0.0231. The zero-order chi connectivity index (χ0) is 23.7. The lowest BCUT2D eigenvalue weighted by atomic mass is 9.86. The van der Waals surface area contributed by atoms with E-state index in [4.69, 9.17) is 13.3 Å². The number of rotatable bonds is 21. The van der Waals surface area contributed by atoms with E-state index in [9.17, 15) is 0 Å². The maximum absolute atomic E-state index is 5.62. The molecular weight excluding hydrogens is 406 g/mol. The third kappa shape index (κ3) is 16.3. The molecule has 0 saturated heterocycles. The van der Waals surface area contributed by atoms with E-state index >= 15 is 0 Å². The van der Waals surface area contributed by atoms with E-state index in [1.165, 1.54) is 64.5 Å². The van der Waals surface area contributed by atoms with Crippen LogP contribution in [0.4, 0.5) is 0 Å². The molecule has 2 atom stereocenters. The summed E-state index contributed by atoms with van der Waals surface area (Å²) >= 11 is 0. The smallest absolute Gasteiger partial charge is 0.377 e. The minimum absolute atomic E-state index is 0.767. The molecule has 0 aromatic carbocycles. The Kier molecular flexibility index (Phi) is 18.4. The van der Waals surface area contributed by atoms with E-state index in [1.807, 2.05) is 0 Å². The molecule has 0 aliphatic carbocycles. The Bertz CT molecular complexity index is 399. The standard InChI is InChI=1S/C24H55N3O3Si/c1-25(2)19-11-10-13-23(17-20-26(3)4)15-16-24(18-21-27(5)6)14-12-22-31(28-7,29-8)30-9/h23-24H,10-22H2,1-9H3. The Balaban J connectivity index is 4.73. The zero-order valence-corrected chi connectivity index (χ0v) is 23.4. The second-order valence-corrected chi connectivity index (χ2v) is 13.1. The molecule has 6 nitrogen and oxygen atoms in total. The van der Waals surface area contributed by atoms with Gasteiger partial charge in [-0.3, -0.25) is 0 Å². The van der Waals surface area contributed by atoms with Crippen LogP contribution in [0.3, 0.4) is 0 Å². The van der Waals surface area contributed by atoms with Crippen LogP contribution in [0, 0.1) is 11.8 Å². The van der Waals surface area contributed by atoms with Crippen LogP contribution in [0.2, 0.25) is 6.04 Å². The Labute approximate surface area is 196 Å². The third-order valence-corrected chi connectivity index (χ3v) is 9.28. The minimum Gasteiger partial charge on any atom is -0.377 e. The molecule has 7 heteroatoms. The van der Waals surface area contributed by atoms with Gasteiger partial charge in [-0.05, 0) is 99.4 Å². The average Bonchev–Trinajstić information content (AvgIpc) is 2.72. The van der Waals surface area contributed by atoms with Crippen LogP contribution in [-0.4, -0.2) is 107 Å². The van der Waals surface area contributed by atoms with E-state index in [-0.39, 0.29) is 0 Å². The van der Waals surface area contributed by atoms with Crippen molar-refractivity contribution in [1.82, 2.24) is 14.7 Å². The molecule has 0 aromatic rings. The first-order chi connectivity index (χ1) is 14.7. The van der Waals surface area contributed by atoms with Crippen LogP contribution in [0.15, 0.2) is 0 Å². The maximum Gasteiger partial charge on any atom is 0.500 e. The largest absolute Gasteiger partial charge is 0.500 e. The normalized spacial score (nSPS) is 14.7. The van der Waals surface area contributed by atoms with Gasteiger partial charge in [-0.2, -0.15) is 0 Å². The predicted molar refractivity (Wildman–Crippen MR) is 136 cm³/mol. The van der Waals surface area contributed by atoms with E-state index in [0.29, 0.717) is 0 Å². The number of hydrogen-bond acceptors (Lipinski definition) is 6. The van der Waals surface area contributed by atoms with Crippen LogP contribution in [0.25, 0.3) is 0 Å². The highest BCUT2D eigenvalue weighted by Crippen LogP contribution is 2.28. The molecule has 0 amide bonds. The minimum atomic E-state index is -2.45. The zero-order valence-electron chi connectivity index (χ0n) is 22.4. The molecule has 188 valence electrons. The summed E-state index contributed by atoms with van der Waals surface area (Å²) in [4.78, 5) is 6.95. The summed E-state index contributed by atoms with van der Waals surface area (Å²) in [7, 11) is 15.8. The van der Waals surface area contributed by atoms with Crippen molar-refractivity contribution >= 4 is 8.80 Å². The molecule has 0 aromatic heterocycles.